The normalized spacial score (nSPS) is 19.4. The second kappa shape index (κ2) is 13.1. The molecule has 0 unspecified atom stereocenters. The number of aliphatic imine (C=N–C) groups is 2. The Labute approximate surface area is 257 Å². The Bertz CT molecular complexity index is 1670. The van der Waals surface area contributed by atoms with Crippen molar-refractivity contribution < 1.29 is 0 Å². The molecule has 0 fully saturated rings. The van der Waals surface area contributed by atoms with Crippen LogP contribution in [0.4, 0.5) is 0 Å². The standard InChI is InChI=1S/C34H26N6Se2/c1-23(25-15-7-3-8-16-25)37-39-33-35-29(27-19-11-5-12-20-27)31(41-33)32-30(28-21-13-6-14-22-28)36-34(42-32)40-38-24(2)26-17-9-4-10-18-26/h3-22H,1-2H3/b32-31-,37-23-,38-24-,39-33+,40-34+. The molecule has 0 atom stereocenters. The quantitative estimate of drug-likeness (QED) is 0.133. The van der Waals surface area contributed by atoms with Crippen LogP contribution in [0.5, 0.6) is 0 Å². The second-order valence-corrected chi connectivity index (χ2v) is 13.5. The first kappa shape index (κ1) is 27.8. The molecule has 0 saturated heterocycles. The molecular weight excluding hydrogens is 650 g/mol. The van der Waals surface area contributed by atoms with E-state index in [9.17, 15) is 0 Å². The summed E-state index contributed by atoms with van der Waals surface area (Å²) in [6.45, 7) is 3.95. The first-order chi connectivity index (χ1) is 20.7. The third-order valence-electron chi connectivity index (χ3n) is 6.49. The number of benzene rings is 4. The van der Waals surface area contributed by atoms with Gasteiger partial charge in [-0.1, -0.05) is 0 Å². The Morgan fingerprint density at radius 3 is 1.17 bits per heavy atom. The van der Waals surface area contributed by atoms with Crippen LogP contribution in [0, 0.1) is 0 Å². The van der Waals surface area contributed by atoms with Gasteiger partial charge in [0.05, 0.1) is 0 Å². The van der Waals surface area contributed by atoms with E-state index in [0.717, 1.165) is 54.6 Å². The molecule has 4 aromatic rings. The summed E-state index contributed by atoms with van der Waals surface area (Å²) in [6, 6.07) is 40.8. The van der Waals surface area contributed by atoms with Gasteiger partial charge in [-0.15, -0.1) is 0 Å². The van der Waals surface area contributed by atoms with Gasteiger partial charge >= 0.3 is 259 Å². The number of amidine groups is 2. The SMILES string of the molecule is C/C(=N/N=C1N=C(c2ccccc2)/C(=C2/[Se]/C(=N/N=C(/C)c3ccccc3)N=C2c2ccccc2)[Se]\1)c1ccccc1. The molecule has 0 radical (unpaired) electrons. The summed E-state index contributed by atoms with van der Waals surface area (Å²) in [5, 5.41) is 18.4. The van der Waals surface area contributed by atoms with Crippen molar-refractivity contribution in [1.29, 1.82) is 0 Å². The molecule has 2 heterocycles. The van der Waals surface area contributed by atoms with E-state index in [0.29, 0.717) is 0 Å². The number of hydrogen-bond acceptors (Lipinski definition) is 4. The molecule has 6 nitrogen and oxygen atoms in total. The van der Waals surface area contributed by atoms with E-state index in [2.05, 4.69) is 44.7 Å². The van der Waals surface area contributed by atoms with Gasteiger partial charge in [0.1, 0.15) is 0 Å². The molecule has 6 rings (SSSR count). The molecule has 0 bridgehead atoms. The van der Waals surface area contributed by atoms with Crippen molar-refractivity contribution in [3.05, 3.63) is 153 Å². The van der Waals surface area contributed by atoms with E-state index >= 15 is 0 Å². The monoisotopic (exact) mass is 678 g/mol. The van der Waals surface area contributed by atoms with Crippen LogP contribution < -0.4 is 0 Å². The molecule has 0 saturated carbocycles. The van der Waals surface area contributed by atoms with Gasteiger partial charge in [-0.05, 0) is 0 Å². The van der Waals surface area contributed by atoms with Gasteiger partial charge < -0.3 is 0 Å². The van der Waals surface area contributed by atoms with E-state index in [-0.39, 0.29) is 29.9 Å². The topological polar surface area (TPSA) is 74.2 Å². The number of hydrogen-bond donors (Lipinski definition) is 0. The fourth-order valence-electron chi connectivity index (χ4n) is 4.30. The fourth-order valence-corrected chi connectivity index (χ4v) is 8.78. The molecule has 204 valence electrons. The van der Waals surface area contributed by atoms with Crippen molar-refractivity contribution in [3.8, 4) is 0 Å². The van der Waals surface area contributed by atoms with Gasteiger partial charge in [0.25, 0.3) is 0 Å². The summed E-state index contributed by atoms with van der Waals surface area (Å²) in [5.41, 5.74) is 7.79. The van der Waals surface area contributed by atoms with Crippen molar-refractivity contribution in [2.24, 2.45) is 30.4 Å². The van der Waals surface area contributed by atoms with Crippen LogP contribution in [-0.2, 0) is 0 Å². The summed E-state index contributed by atoms with van der Waals surface area (Å²) in [4.78, 5) is 10.1. The van der Waals surface area contributed by atoms with Gasteiger partial charge in [-0.2, -0.15) is 0 Å². The summed E-state index contributed by atoms with van der Waals surface area (Å²) in [7, 11) is 0. The summed E-state index contributed by atoms with van der Waals surface area (Å²) in [5.74, 6) is 0. The zero-order valence-electron chi connectivity index (χ0n) is 23.0. The molecule has 2 aliphatic heterocycles. The first-order valence-electron chi connectivity index (χ1n) is 13.4. The van der Waals surface area contributed by atoms with Gasteiger partial charge in [0.2, 0.25) is 0 Å². The fraction of sp³-hybridized carbons (Fsp3) is 0.0588. The van der Waals surface area contributed by atoms with Gasteiger partial charge in [-0.3, -0.25) is 0 Å². The number of nitrogens with zero attached hydrogens (tertiary/aromatic N) is 6. The molecule has 0 N–H and O–H groups in total. The molecule has 0 amide bonds. The molecule has 0 spiro atoms. The Morgan fingerprint density at radius 2 is 0.810 bits per heavy atom. The van der Waals surface area contributed by atoms with Crippen LogP contribution in [0.2, 0.25) is 0 Å². The average Bonchev–Trinajstić information content (AvgIpc) is 3.69. The number of rotatable bonds is 6. The predicted octanol–water partition coefficient (Wildman–Crippen LogP) is 6.17. The Balaban J connectivity index is 1.42. The van der Waals surface area contributed by atoms with E-state index in [1.165, 1.54) is 8.94 Å². The molecular formula is C34H26N6Se2. The van der Waals surface area contributed by atoms with Gasteiger partial charge in [0, 0.05) is 0 Å². The second-order valence-electron chi connectivity index (χ2n) is 9.38. The van der Waals surface area contributed by atoms with Crippen molar-refractivity contribution in [2.45, 2.75) is 13.8 Å². The summed E-state index contributed by atoms with van der Waals surface area (Å²) in [6.07, 6.45) is 0. The molecule has 2 aliphatic rings. The Morgan fingerprint density at radius 1 is 0.476 bits per heavy atom. The Kier molecular flexibility index (Phi) is 8.69. The van der Waals surface area contributed by atoms with Crippen LogP contribution in [0.15, 0.2) is 161 Å². The zero-order chi connectivity index (χ0) is 28.7. The van der Waals surface area contributed by atoms with Crippen molar-refractivity contribution in [3.63, 3.8) is 0 Å². The van der Waals surface area contributed by atoms with Crippen LogP contribution in [0.1, 0.15) is 36.1 Å². The van der Waals surface area contributed by atoms with Crippen molar-refractivity contribution in [2.75, 3.05) is 0 Å². The minimum absolute atomic E-state index is 0.156. The van der Waals surface area contributed by atoms with Crippen LogP contribution >= 0.6 is 0 Å². The third-order valence-corrected chi connectivity index (χ3v) is 11.2. The van der Waals surface area contributed by atoms with Crippen LogP contribution in [0.25, 0.3) is 0 Å². The van der Waals surface area contributed by atoms with Gasteiger partial charge in [-0.25, -0.2) is 0 Å². The van der Waals surface area contributed by atoms with Crippen molar-refractivity contribution in [1.82, 2.24) is 0 Å². The van der Waals surface area contributed by atoms with Crippen molar-refractivity contribution >= 4 is 62.2 Å². The summed E-state index contributed by atoms with van der Waals surface area (Å²) < 4.78 is 3.84. The molecule has 4 aromatic carbocycles. The molecule has 0 aromatic heterocycles. The predicted molar refractivity (Wildman–Crippen MR) is 177 cm³/mol. The van der Waals surface area contributed by atoms with E-state index in [1.807, 2.05) is 111 Å². The summed E-state index contributed by atoms with van der Waals surface area (Å²) >= 11 is -0.312. The van der Waals surface area contributed by atoms with E-state index in [1.54, 1.807) is 0 Å². The Hall–Kier alpha value is -4.32. The van der Waals surface area contributed by atoms with Gasteiger partial charge in [0.15, 0.2) is 0 Å². The maximum atomic E-state index is 5.03. The van der Waals surface area contributed by atoms with Crippen LogP contribution in [-0.4, -0.2) is 62.2 Å². The molecule has 0 aliphatic carbocycles. The minimum atomic E-state index is -0.156. The van der Waals surface area contributed by atoms with Crippen LogP contribution in [0.3, 0.4) is 0 Å². The third kappa shape index (κ3) is 6.43. The first-order valence-corrected chi connectivity index (χ1v) is 16.8. The van der Waals surface area contributed by atoms with E-state index < -0.39 is 0 Å². The number of allylic oxidation sites excluding steroid dienone is 2. The average molecular weight is 677 g/mol. The van der Waals surface area contributed by atoms with E-state index in [4.69, 9.17) is 9.98 Å². The zero-order valence-corrected chi connectivity index (χ0v) is 26.5. The molecule has 42 heavy (non-hydrogen) atoms. The maximum absolute atomic E-state index is 5.03. The molecule has 8 heteroatoms.